The van der Waals surface area contributed by atoms with Gasteiger partial charge in [0.05, 0.1) is 30.2 Å². The summed E-state index contributed by atoms with van der Waals surface area (Å²) < 4.78 is 31.9. The lowest BCUT2D eigenvalue weighted by Crippen LogP contribution is -2.37. The lowest BCUT2D eigenvalue weighted by molar-refractivity contribution is 0.0553. The second-order valence-electron chi connectivity index (χ2n) is 7.30. The quantitative estimate of drug-likeness (QED) is 0.603. The van der Waals surface area contributed by atoms with Gasteiger partial charge in [-0.05, 0) is 32.9 Å². The number of hydrogen-bond acceptors (Lipinski definition) is 6. The van der Waals surface area contributed by atoms with Crippen LogP contribution in [0.1, 0.15) is 41.6 Å². The first-order valence-electron chi connectivity index (χ1n) is 9.39. The van der Waals surface area contributed by atoms with E-state index in [0.717, 1.165) is 4.90 Å². The standard InChI is InChI=1S/C20H23F2N5O3/c1-13-18(20(2,3)29)25-17(30-13)8-11-26(12-16(21)22)19(28)14-6-4-5-7-15(14)27-23-9-10-24-27/h4-7,9-10,16,29H,8,11-12H2,1-3H3. The molecule has 1 aromatic carbocycles. The van der Waals surface area contributed by atoms with Crippen LogP contribution in [-0.2, 0) is 12.0 Å². The third-order valence-corrected chi connectivity index (χ3v) is 4.43. The number of nitrogens with zero attached hydrogens (tertiary/aromatic N) is 5. The van der Waals surface area contributed by atoms with Gasteiger partial charge in [-0.25, -0.2) is 13.8 Å². The van der Waals surface area contributed by atoms with Crippen LogP contribution in [0.4, 0.5) is 8.78 Å². The van der Waals surface area contributed by atoms with Gasteiger partial charge in [-0.3, -0.25) is 4.79 Å². The number of benzene rings is 1. The van der Waals surface area contributed by atoms with Crippen molar-refractivity contribution in [1.82, 2.24) is 24.9 Å². The molecule has 0 aliphatic carbocycles. The van der Waals surface area contributed by atoms with E-state index in [1.807, 2.05) is 0 Å². The summed E-state index contributed by atoms with van der Waals surface area (Å²) in [6.07, 6.45) is 0.340. The van der Waals surface area contributed by atoms with Gasteiger partial charge in [0.2, 0.25) is 0 Å². The van der Waals surface area contributed by atoms with Gasteiger partial charge in [0, 0.05) is 13.0 Å². The van der Waals surface area contributed by atoms with E-state index in [2.05, 4.69) is 15.2 Å². The first kappa shape index (κ1) is 21.6. The minimum Gasteiger partial charge on any atom is -0.446 e. The Kier molecular flexibility index (Phi) is 6.25. The summed E-state index contributed by atoms with van der Waals surface area (Å²) >= 11 is 0. The largest absolute Gasteiger partial charge is 0.446 e. The molecule has 3 rings (SSSR count). The predicted octanol–water partition coefficient (Wildman–Crippen LogP) is 2.74. The molecule has 0 bridgehead atoms. The van der Waals surface area contributed by atoms with E-state index in [1.165, 1.54) is 17.2 Å². The van der Waals surface area contributed by atoms with Crippen LogP contribution in [0.15, 0.2) is 41.1 Å². The number of carbonyl (C=O) groups is 1. The van der Waals surface area contributed by atoms with Crippen LogP contribution in [0.3, 0.4) is 0 Å². The molecule has 1 N–H and O–H groups in total. The van der Waals surface area contributed by atoms with Crippen LogP contribution < -0.4 is 0 Å². The third-order valence-electron chi connectivity index (χ3n) is 4.43. The first-order valence-corrected chi connectivity index (χ1v) is 9.39. The zero-order valence-corrected chi connectivity index (χ0v) is 16.9. The molecule has 30 heavy (non-hydrogen) atoms. The van der Waals surface area contributed by atoms with Gasteiger partial charge < -0.3 is 14.4 Å². The Morgan fingerprint density at radius 1 is 1.27 bits per heavy atom. The van der Waals surface area contributed by atoms with Crippen LogP contribution >= 0.6 is 0 Å². The zero-order valence-electron chi connectivity index (χ0n) is 16.9. The monoisotopic (exact) mass is 419 g/mol. The van der Waals surface area contributed by atoms with Gasteiger partial charge in [-0.1, -0.05) is 12.1 Å². The molecule has 160 valence electrons. The molecule has 10 heteroatoms. The van der Waals surface area contributed by atoms with Crippen molar-refractivity contribution in [3.63, 3.8) is 0 Å². The van der Waals surface area contributed by atoms with Crippen molar-refractivity contribution in [2.75, 3.05) is 13.1 Å². The summed E-state index contributed by atoms with van der Waals surface area (Å²) in [4.78, 5) is 19.7. The van der Waals surface area contributed by atoms with E-state index in [9.17, 15) is 18.7 Å². The van der Waals surface area contributed by atoms with Crippen molar-refractivity contribution in [2.24, 2.45) is 0 Å². The van der Waals surface area contributed by atoms with Crippen molar-refractivity contribution in [1.29, 1.82) is 0 Å². The molecule has 0 aliphatic rings. The van der Waals surface area contributed by atoms with Crippen LogP contribution in [0.2, 0.25) is 0 Å². The molecule has 3 aromatic rings. The summed E-state index contributed by atoms with van der Waals surface area (Å²) in [5.41, 5.74) is -0.225. The lowest BCUT2D eigenvalue weighted by atomic mass is 10.0. The number of hydrogen-bond donors (Lipinski definition) is 1. The number of alkyl halides is 2. The van der Waals surface area contributed by atoms with E-state index in [4.69, 9.17) is 4.42 Å². The van der Waals surface area contributed by atoms with Crippen LogP contribution in [-0.4, -0.2) is 55.4 Å². The maximum Gasteiger partial charge on any atom is 0.256 e. The normalized spacial score (nSPS) is 11.8. The Morgan fingerprint density at radius 2 is 1.93 bits per heavy atom. The summed E-state index contributed by atoms with van der Waals surface area (Å²) in [5, 5.41) is 18.2. The number of rotatable bonds is 8. The first-order chi connectivity index (χ1) is 14.2. The molecule has 0 saturated carbocycles. The molecular formula is C20H23F2N5O3. The fourth-order valence-electron chi connectivity index (χ4n) is 3.14. The number of para-hydroxylation sites is 1. The Balaban J connectivity index is 1.83. The molecule has 2 aromatic heterocycles. The minimum atomic E-state index is -2.71. The minimum absolute atomic E-state index is 0.0324. The highest BCUT2D eigenvalue weighted by Crippen LogP contribution is 2.24. The molecular weight excluding hydrogens is 396 g/mol. The van der Waals surface area contributed by atoms with Gasteiger partial charge in [-0.15, -0.1) is 0 Å². The molecule has 0 fully saturated rings. The summed E-state index contributed by atoms with van der Waals surface area (Å²) in [6, 6.07) is 6.54. The molecule has 1 amide bonds. The Bertz CT molecular complexity index is 996. The highest BCUT2D eigenvalue weighted by Gasteiger charge is 2.26. The van der Waals surface area contributed by atoms with Crippen LogP contribution in [0.25, 0.3) is 5.69 Å². The number of aromatic nitrogens is 4. The molecule has 2 heterocycles. The van der Waals surface area contributed by atoms with Gasteiger partial charge in [0.15, 0.2) is 5.89 Å². The Hall–Kier alpha value is -3.14. The van der Waals surface area contributed by atoms with Crippen LogP contribution in [0.5, 0.6) is 0 Å². The van der Waals surface area contributed by atoms with E-state index in [0.29, 0.717) is 17.1 Å². The molecule has 0 spiro atoms. The maximum absolute atomic E-state index is 13.2. The highest BCUT2D eigenvalue weighted by molar-refractivity contribution is 5.97. The molecule has 0 atom stereocenters. The lowest BCUT2D eigenvalue weighted by Gasteiger charge is -2.22. The maximum atomic E-state index is 13.2. The second-order valence-corrected chi connectivity index (χ2v) is 7.30. The van der Waals surface area contributed by atoms with Gasteiger partial charge in [-0.2, -0.15) is 15.0 Å². The fourth-order valence-corrected chi connectivity index (χ4v) is 3.14. The summed E-state index contributed by atoms with van der Waals surface area (Å²) in [5.74, 6) is 0.132. The molecule has 0 unspecified atom stereocenters. The SMILES string of the molecule is Cc1oc(CCN(CC(F)F)C(=O)c2ccccc2-n2nccn2)nc1C(C)(C)O. The van der Waals surface area contributed by atoms with E-state index >= 15 is 0 Å². The van der Waals surface area contributed by atoms with Crippen molar-refractivity contribution < 1.29 is 23.1 Å². The van der Waals surface area contributed by atoms with Gasteiger partial charge in [0.1, 0.15) is 17.1 Å². The zero-order chi connectivity index (χ0) is 21.9. The smallest absolute Gasteiger partial charge is 0.256 e. The van der Waals surface area contributed by atoms with Crippen molar-refractivity contribution in [2.45, 2.75) is 39.2 Å². The van der Waals surface area contributed by atoms with Crippen molar-refractivity contribution in [3.8, 4) is 5.69 Å². The van der Waals surface area contributed by atoms with Gasteiger partial charge >= 0.3 is 0 Å². The Labute approximate surface area is 172 Å². The summed E-state index contributed by atoms with van der Waals surface area (Å²) in [7, 11) is 0. The fraction of sp³-hybridized carbons (Fsp3) is 0.400. The number of carbonyl (C=O) groups excluding carboxylic acids is 1. The average molecular weight is 419 g/mol. The molecule has 8 nitrogen and oxygen atoms in total. The van der Waals surface area contributed by atoms with Gasteiger partial charge in [0.25, 0.3) is 12.3 Å². The number of oxazole rings is 1. The second kappa shape index (κ2) is 8.70. The molecule has 0 radical (unpaired) electrons. The molecule has 0 saturated heterocycles. The third kappa shape index (κ3) is 4.88. The average Bonchev–Trinajstić information content (AvgIpc) is 3.33. The van der Waals surface area contributed by atoms with E-state index in [1.54, 1.807) is 45.0 Å². The number of halogens is 2. The van der Waals surface area contributed by atoms with E-state index < -0.39 is 24.5 Å². The van der Waals surface area contributed by atoms with E-state index in [-0.39, 0.29) is 24.4 Å². The molecule has 0 aliphatic heterocycles. The van der Waals surface area contributed by atoms with Crippen molar-refractivity contribution >= 4 is 5.91 Å². The predicted molar refractivity (Wildman–Crippen MR) is 103 cm³/mol. The highest BCUT2D eigenvalue weighted by atomic mass is 19.3. The Morgan fingerprint density at radius 3 is 2.53 bits per heavy atom. The topological polar surface area (TPSA) is 97.3 Å². The summed E-state index contributed by atoms with van der Waals surface area (Å²) in [6.45, 7) is 4.05. The van der Waals surface area contributed by atoms with Crippen molar-refractivity contribution in [3.05, 3.63) is 59.6 Å². The number of aryl methyl sites for hydroxylation is 1. The number of amides is 1. The number of aliphatic hydroxyl groups is 1. The van der Waals surface area contributed by atoms with Crippen LogP contribution in [0, 0.1) is 6.92 Å².